The maximum Gasteiger partial charge on any atom is 0.351 e. The van der Waals surface area contributed by atoms with E-state index in [9.17, 15) is 9.90 Å². The van der Waals surface area contributed by atoms with Crippen LogP contribution in [0.1, 0.15) is 6.23 Å². The molecule has 2 heterocycles. The molecule has 0 saturated carbocycles. The predicted molar refractivity (Wildman–Crippen MR) is 62.2 cm³/mol. The molecule has 1 aromatic rings. The van der Waals surface area contributed by atoms with E-state index in [2.05, 4.69) is 10.9 Å². The smallest absolute Gasteiger partial charge is 0.351 e. The van der Waals surface area contributed by atoms with Crippen molar-refractivity contribution in [3.05, 3.63) is 22.7 Å². The molecule has 1 aliphatic heterocycles. The van der Waals surface area contributed by atoms with Gasteiger partial charge < -0.3 is 20.7 Å². The Morgan fingerprint density at radius 1 is 1.67 bits per heavy atom. The third kappa shape index (κ3) is 1.97. The lowest BCUT2D eigenvalue weighted by Crippen LogP contribution is -2.31. The summed E-state index contributed by atoms with van der Waals surface area (Å²) in [5, 5.41) is 18.9. The molecule has 0 spiro atoms. The number of nitrogens with zero attached hydrogens (tertiary/aromatic N) is 2. The van der Waals surface area contributed by atoms with Crippen LogP contribution in [0.4, 0.5) is 5.82 Å². The largest absolute Gasteiger partial charge is 0.394 e. The zero-order valence-corrected chi connectivity index (χ0v) is 9.43. The number of aromatic nitrogens is 2. The van der Waals surface area contributed by atoms with Crippen LogP contribution in [0.15, 0.2) is 17.1 Å². The molecule has 1 saturated heterocycles. The number of nitrogens with two attached hydrogens (primary N) is 1. The summed E-state index contributed by atoms with van der Waals surface area (Å²) < 4.78 is 6.53. The summed E-state index contributed by atoms with van der Waals surface area (Å²) in [6, 6.07) is 1.43. The van der Waals surface area contributed by atoms with E-state index in [0.29, 0.717) is 0 Å². The monoisotopic (exact) mass is 251 g/mol. The summed E-state index contributed by atoms with van der Waals surface area (Å²) in [5.41, 5.74) is 4.76. The zero-order valence-electron chi connectivity index (χ0n) is 9.43. The molecule has 0 bridgehead atoms. The van der Waals surface area contributed by atoms with Gasteiger partial charge in [0.2, 0.25) is 0 Å². The van der Waals surface area contributed by atoms with E-state index < -0.39 is 30.0 Å². The van der Waals surface area contributed by atoms with E-state index >= 15 is 0 Å². The first kappa shape index (κ1) is 12.6. The topological polar surface area (TPSA) is 111 Å². The van der Waals surface area contributed by atoms with Crippen molar-refractivity contribution in [3.63, 3.8) is 0 Å². The molecule has 7 heteroatoms. The number of anilines is 1. The van der Waals surface area contributed by atoms with Crippen LogP contribution in [0, 0.1) is 18.3 Å². The number of rotatable bonds is 2. The van der Waals surface area contributed by atoms with Gasteiger partial charge in [-0.2, -0.15) is 4.98 Å². The Morgan fingerprint density at radius 2 is 2.39 bits per heavy atom. The fourth-order valence-corrected chi connectivity index (χ4v) is 1.93. The molecule has 2 unspecified atom stereocenters. The second-order valence-electron chi connectivity index (χ2n) is 3.97. The molecular weight excluding hydrogens is 238 g/mol. The number of aliphatic hydroxyl groups is 2. The lowest BCUT2D eigenvalue weighted by molar-refractivity contribution is -0.0469. The number of ether oxygens (including phenoxy) is 1. The number of hydrogen-bond acceptors (Lipinski definition) is 6. The van der Waals surface area contributed by atoms with E-state index in [1.165, 1.54) is 12.3 Å². The SMILES string of the molecule is C#CC1C(O)[C@@H](CO)O[C@H]1n1ccc(N)nc1=O. The van der Waals surface area contributed by atoms with Gasteiger partial charge in [-0.25, -0.2) is 4.79 Å². The lowest BCUT2D eigenvalue weighted by atomic mass is 10.0. The highest BCUT2D eigenvalue weighted by atomic mass is 16.5. The minimum Gasteiger partial charge on any atom is -0.394 e. The second kappa shape index (κ2) is 4.78. The van der Waals surface area contributed by atoms with E-state index in [1.54, 1.807) is 0 Å². The average Bonchev–Trinajstić information content (AvgIpc) is 2.65. The van der Waals surface area contributed by atoms with Crippen LogP contribution in [-0.2, 0) is 4.74 Å². The molecule has 0 radical (unpaired) electrons. The number of hydrogen-bond donors (Lipinski definition) is 3. The number of terminal acetylenes is 1. The summed E-state index contributed by atoms with van der Waals surface area (Å²) in [4.78, 5) is 15.2. The molecule has 4 atom stereocenters. The summed E-state index contributed by atoms with van der Waals surface area (Å²) in [7, 11) is 0. The Balaban J connectivity index is 2.39. The molecule has 96 valence electrons. The van der Waals surface area contributed by atoms with Gasteiger partial charge in [-0.1, -0.05) is 5.92 Å². The quantitative estimate of drug-likeness (QED) is 0.542. The summed E-state index contributed by atoms with van der Waals surface area (Å²) >= 11 is 0. The molecule has 4 N–H and O–H groups in total. The van der Waals surface area contributed by atoms with Crippen molar-refractivity contribution in [2.45, 2.75) is 18.4 Å². The van der Waals surface area contributed by atoms with Crippen LogP contribution in [-0.4, -0.2) is 38.6 Å². The Kier molecular flexibility index (Phi) is 3.34. The van der Waals surface area contributed by atoms with Gasteiger partial charge >= 0.3 is 5.69 Å². The van der Waals surface area contributed by atoms with Gasteiger partial charge in [0, 0.05) is 6.20 Å². The molecule has 1 fully saturated rings. The van der Waals surface area contributed by atoms with E-state index in [4.69, 9.17) is 22.0 Å². The summed E-state index contributed by atoms with van der Waals surface area (Å²) in [6.07, 6.45) is 4.00. The van der Waals surface area contributed by atoms with E-state index in [1.807, 2.05) is 0 Å². The third-order valence-corrected chi connectivity index (χ3v) is 2.87. The molecule has 1 aliphatic rings. The molecule has 0 aromatic carbocycles. The first-order valence-electron chi connectivity index (χ1n) is 5.33. The third-order valence-electron chi connectivity index (χ3n) is 2.87. The maximum absolute atomic E-state index is 11.7. The van der Waals surface area contributed by atoms with Gasteiger partial charge in [0.25, 0.3) is 0 Å². The van der Waals surface area contributed by atoms with Gasteiger partial charge in [-0.15, -0.1) is 6.42 Å². The Morgan fingerprint density at radius 3 is 2.94 bits per heavy atom. The van der Waals surface area contributed by atoms with Crippen molar-refractivity contribution in [3.8, 4) is 12.3 Å². The van der Waals surface area contributed by atoms with E-state index in [-0.39, 0.29) is 12.4 Å². The number of nitrogen functional groups attached to an aromatic ring is 1. The highest BCUT2D eigenvalue weighted by Crippen LogP contribution is 2.33. The van der Waals surface area contributed by atoms with Crippen molar-refractivity contribution in [2.24, 2.45) is 5.92 Å². The molecule has 7 nitrogen and oxygen atoms in total. The van der Waals surface area contributed by atoms with Crippen LogP contribution in [0.25, 0.3) is 0 Å². The molecule has 18 heavy (non-hydrogen) atoms. The van der Waals surface area contributed by atoms with Crippen LogP contribution >= 0.6 is 0 Å². The zero-order chi connectivity index (χ0) is 13.3. The fourth-order valence-electron chi connectivity index (χ4n) is 1.93. The summed E-state index contributed by atoms with van der Waals surface area (Å²) in [6.45, 7) is -0.382. The van der Waals surface area contributed by atoms with Gasteiger partial charge in [0.15, 0.2) is 6.23 Å². The number of aliphatic hydroxyl groups excluding tert-OH is 2. The Hall–Kier alpha value is -1.88. The van der Waals surface area contributed by atoms with Crippen molar-refractivity contribution >= 4 is 5.82 Å². The van der Waals surface area contributed by atoms with Crippen LogP contribution in [0.2, 0.25) is 0 Å². The van der Waals surface area contributed by atoms with Gasteiger partial charge in [-0.3, -0.25) is 4.57 Å². The Labute approximate surface area is 103 Å². The van der Waals surface area contributed by atoms with Gasteiger partial charge in [0.05, 0.1) is 12.5 Å². The molecule has 2 rings (SSSR count). The maximum atomic E-state index is 11.7. The van der Waals surface area contributed by atoms with E-state index in [0.717, 1.165) is 4.57 Å². The molecule has 0 aliphatic carbocycles. The van der Waals surface area contributed by atoms with Gasteiger partial charge in [0.1, 0.15) is 18.0 Å². The molecule has 0 amide bonds. The highest BCUT2D eigenvalue weighted by molar-refractivity contribution is 5.23. The highest BCUT2D eigenvalue weighted by Gasteiger charge is 2.43. The van der Waals surface area contributed by atoms with Crippen molar-refractivity contribution in [1.29, 1.82) is 0 Å². The van der Waals surface area contributed by atoms with Crippen LogP contribution < -0.4 is 11.4 Å². The van der Waals surface area contributed by atoms with Crippen molar-refractivity contribution < 1.29 is 14.9 Å². The first-order valence-corrected chi connectivity index (χ1v) is 5.33. The van der Waals surface area contributed by atoms with Gasteiger partial charge in [-0.05, 0) is 6.07 Å². The predicted octanol–water partition coefficient (Wildman–Crippen LogP) is -1.67. The molecular formula is C11H13N3O4. The molecule has 1 aromatic heterocycles. The minimum absolute atomic E-state index is 0.0887. The normalized spacial score (nSPS) is 31.2. The minimum atomic E-state index is -1.03. The standard InChI is InChI=1S/C11H13N3O4/c1-2-6-9(16)7(5-15)18-10(6)14-4-3-8(12)13-11(14)17/h1,3-4,6-7,9-10,15-16H,5H2,(H2,12,13,17)/t6?,7-,9?,10-/m1/s1. The average molecular weight is 251 g/mol. The van der Waals surface area contributed by atoms with Crippen molar-refractivity contribution in [1.82, 2.24) is 9.55 Å². The fraction of sp³-hybridized carbons (Fsp3) is 0.455. The summed E-state index contributed by atoms with van der Waals surface area (Å²) in [5.74, 6) is 1.72. The first-order chi connectivity index (χ1) is 8.58. The van der Waals surface area contributed by atoms with Crippen molar-refractivity contribution in [2.75, 3.05) is 12.3 Å². The Bertz CT molecular complexity index is 536. The van der Waals surface area contributed by atoms with Crippen LogP contribution in [0.3, 0.4) is 0 Å². The second-order valence-corrected chi connectivity index (χ2v) is 3.97. The lowest BCUT2D eigenvalue weighted by Gasteiger charge is -2.17. The van der Waals surface area contributed by atoms with Crippen LogP contribution in [0.5, 0.6) is 0 Å².